The van der Waals surface area contributed by atoms with Crippen molar-refractivity contribution in [1.82, 2.24) is 19.6 Å². The fourth-order valence-corrected chi connectivity index (χ4v) is 4.22. The first-order valence-corrected chi connectivity index (χ1v) is 10.5. The molecule has 152 valence electrons. The lowest BCUT2D eigenvalue weighted by atomic mass is 10.2. The van der Waals surface area contributed by atoms with E-state index in [1.807, 2.05) is 0 Å². The number of rotatable bonds is 8. The Morgan fingerprint density at radius 2 is 1.46 bits per heavy atom. The van der Waals surface area contributed by atoms with Crippen molar-refractivity contribution in [3.8, 4) is 12.1 Å². The molecule has 3 aliphatic heterocycles. The van der Waals surface area contributed by atoms with E-state index in [4.69, 9.17) is 4.74 Å². The molecule has 0 radical (unpaired) electrons. The number of nitriles is 2. The van der Waals surface area contributed by atoms with Crippen LogP contribution in [0.2, 0.25) is 0 Å². The lowest BCUT2D eigenvalue weighted by Gasteiger charge is -2.29. The lowest BCUT2D eigenvalue weighted by Crippen LogP contribution is -2.38. The third-order valence-electron chi connectivity index (χ3n) is 5.74. The molecule has 0 spiro atoms. The zero-order valence-electron chi connectivity index (χ0n) is 16.9. The fraction of sp³-hybridized carbons (Fsp3) is 0.714. The fourth-order valence-electron chi connectivity index (χ4n) is 4.22. The Labute approximate surface area is 169 Å². The maximum absolute atomic E-state index is 9.46. The van der Waals surface area contributed by atoms with Crippen LogP contribution in [0.5, 0.6) is 0 Å². The summed E-state index contributed by atoms with van der Waals surface area (Å²) in [6.45, 7) is 11.5. The van der Waals surface area contributed by atoms with Gasteiger partial charge < -0.3 is 14.5 Å². The third kappa shape index (κ3) is 5.72. The van der Waals surface area contributed by atoms with Crippen LogP contribution >= 0.6 is 0 Å². The molecule has 0 aromatic heterocycles. The summed E-state index contributed by atoms with van der Waals surface area (Å²) in [7, 11) is 0. The molecular weight excluding hydrogens is 352 g/mol. The van der Waals surface area contributed by atoms with Crippen molar-refractivity contribution >= 4 is 0 Å². The van der Waals surface area contributed by atoms with Crippen LogP contribution in [0.25, 0.3) is 0 Å². The van der Waals surface area contributed by atoms with Gasteiger partial charge in [-0.3, -0.25) is 9.80 Å². The van der Waals surface area contributed by atoms with Crippen molar-refractivity contribution < 1.29 is 4.74 Å². The smallest absolute Gasteiger partial charge is 0.169 e. The molecule has 0 N–H and O–H groups in total. The van der Waals surface area contributed by atoms with Gasteiger partial charge in [-0.05, 0) is 19.3 Å². The van der Waals surface area contributed by atoms with Gasteiger partial charge in [0.05, 0.1) is 13.2 Å². The molecule has 0 unspecified atom stereocenters. The van der Waals surface area contributed by atoms with E-state index in [2.05, 4.69) is 43.9 Å². The summed E-state index contributed by atoms with van der Waals surface area (Å²) in [5.41, 5.74) is 0.254. The number of morpholine rings is 1. The first-order chi connectivity index (χ1) is 13.8. The van der Waals surface area contributed by atoms with Crippen LogP contribution in [-0.4, -0.2) is 98.3 Å². The van der Waals surface area contributed by atoms with Crippen molar-refractivity contribution in [2.24, 2.45) is 0 Å². The maximum Gasteiger partial charge on any atom is 0.169 e. The summed E-state index contributed by atoms with van der Waals surface area (Å²) in [5.74, 6) is 0.852. The molecule has 3 aliphatic rings. The first kappa shape index (κ1) is 20.7. The SMILES string of the molecule is N#CC(C#N)=C1N(CCCN2CC=CCC2)CCN1CCCN1CCOCC1. The summed E-state index contributed by atoms with van der Waals surface area (Å²) >= 11 is 0. The molecule has 0 saturated carbocycles. The molecule has 0 atom stereocenters. The zero-order chi connectivity index (χ0) is 19.6. The lowest BCUT2D eigenvalue weighted by molar-refractivity contribution is 0.0366. The first-order valence-electron chi connectivity index (χ1n) is 10.5. The Morgan fingerprint density at radius 1 is 0.821 bits per heavy atom. The second-order valence-electron chi connectivity index (χ2n) is 7.62. The predicted octanol–water partition coefficient (Wildman–Crippen LogP) is 1.24. The van der Waals surface area contributed by atoms with E-state index in [1.54, 1.807) is 0 Å². The van der Waals surface area contributed by atoms with E-state index >= 15 is 0 Å². The molecular formula is C21H32N6O. The third-order valence-corrected chi connectivity index (χ3v) is 5.74. The minimum absolute atomic E-state index is 0.254. The predicted molar refractivity (Wildman–Crippen MR) is 108 cm³/mol. The molecule has 7 nitrogen and oxygen atoms in total. The van der Waals surface area contributed by atoms with Gasteiger partial charge in [-0.2, -0.15) is 10.5 Å². The highest BCUT2D eigenvalue weighted by Gasteiger charge is 2.28. The molecule has 0 aromatic rings. The van der Waals surface area contributed by atoms with Gasteiger partial charge in [0, 0.05) is 65.4 Å². The van der Waals surface area contributed by atoms with Crippen LogP contribution in [-0.2, 0) is 4.74 Å². The molecule has 0 aromatic carbocycles. The minimum atomic E-state index is 0.254. The summed E-state index contributed by atoms with van der Waals surface area (Å²) < 4.78 is 5.41. The summed E-state index contributed by atoms with van der Waals surface area (Å²) in [6.07, 6.45) is 7.73. The van der Waals surface area contributed by atoms with Gasteiger partial charge in [0.2, 0.25) is 0 Å². The monoisotopic (exact) mass is 384 g/mol. The van der Waals surface area contributed by atoms with E-state index in [0.717, 1.165) is 104 Å². The van der Waals surface area contributed by atoms with Crippen LogP contribution < -0.4 is 0 Å². The summed E-state index contributed by atoms with van der Waals surface area (Å²) in [5, 5.41) is 18.9. The summed E-state index contributed by atoms with van der Waals surface area (Å²) in [6, 6.07) is 4.24. The molecule has 2 saturated heterocycles. The normalized spacial score (nSPS) is 21.0. The van der Waals surface area contributed by atoms with Crippen LogP contribution in [0.1, 0.15) is 19.3 Å². The van der Waals surface area contributed by atoms with E-state index in [1.165, 1.54) is 0 Å². The van der Waals surface area contributed by atoms with Crippen LogP contribution in [0.15, 0.2) is 23.5 Å². The van der Waals surface area contributed by atoms with Gasteiger partial charge in [0.25, 0.3) is 0 Å². The van der Waals surface area contributed by atoms with Crippen molar-refractivity contribution in [1.29, 1.82) is 10.5 Å². The quantitative estimate of drug-likeness (QED) is 0.461. The number of allylic oxidation sites excluding steroid dienone is 1. The molecule has 2 fully saturated rings. The van der Waals surface area contributed by atoms with Gasteiger partial charge >= 0.3 is 0 Å². The molecule has 3 heterocycles. The zero-order valence-corrected chi connectivity index (χ0v) is 16.9. The van der Waals surface area contributed by atoms with E-state index < -0.39 is 0 Å². The standard InChI is InChI=1S/C21H32N6O/c22-18-20(19-23)21-26(10-4-8-24-6-2-1-3-7-24)12-13-27(21)11-5-9-25-14-16-28-17-15-25/h1-2H,3-17H2. The molecule has 0 amide bonds. The molecule has 7 heteroatoms. The highest BCUT2D eigenvalue weighted by molar-refractivity contribution is 5.40. The van der Waals surface area contributed by atoms with Crippen molar-refractivity contribution in [3.63, 3.8) is 0 Å². The molecule has 3 rings (SSSR count). The Bertz CT molecular complexity index is 624. The van der Waals surface area contributed by atoms with Gasteiger partial charge in [-0.1, -0.05) is 12.2 Å². The van der Waals surface area contributed by atoms with Gasteiger partial charge in [-0.15, -0.1) is 0 Å². The Kier molecular flexibility index (Phi) is 8.17. The van der Waals surface area contributed by atoms with E-state index in [0.29, 0.717) is 0 Å². The average Bonchev–Trinajstić information content (AvgIpc) is 3.13. The van der Waals surface area contributed by atoms with E-state index in [-0.39, 0.29) is 5.57 Å². The summed E-state index contributed by atoms with van der Waals surface area (Å²) in [4.78, 5) is 9.39. The Balaban J connectivity index is 1.51. The second kappa shape index (κ2) is 11.1. The van der Waals surface area contributed by atoms with Crippen LogP contribution in [0.4, 0.5) is 0 Å². The number of hydrogen-bond donors (Lipinski definition) is 0. The van der Waals surface area contributed by atoms with E-state index in [9.17, 15) is 10.5 Å². The van der Waals surface area contributed by atoms with Crippen LogP contribution in [0.3, 0.4) is 0 Å². The molecule has 0 bridgehead atoms. The minimum Gasteiger partial charge on any atom is -0.379 e. The Morgan fingerprint density at radius 3 is 2.04 bits per heavy atom. The largest absolute Gasteiger partial charge is 0.379 e. The Hall–Kier alpha value is -2.06. The number of ether oxygens (including phenoxy) is 1. The van der Waals surface area contributed by atoms with Crippen molar-refractivity contribution in [3.05, 3.63) is 23.5 Å². The van der Waals surface area contributed by atoms with Gasteiger partial charge in [-0.25, -0.2) is 0 Å². The molecule has 28 heavy (non-hydrogen) atoms. The topological polar surface area (TPSA) is 69.8 Å². The highest BCUT2D eigenvalue weighted by Crippen LogP contribution is 2.23. The van der Waals surface area contributed by atoms with Crippen molar-refractivity contribution in [2.75, 3.05) is 78.7 Å². The second-order valence-corrected chi connectivity index (χ2v) is 7.62. The van der Waals surface area contributed by atoms with Gasteiger partial charge in [0.15, 0.2) is 5.57 Å². The van der Waals surface area contributed by atoms with Crippen LogP contribution in [0, 0.1) is 22.7 Å². The number of hydrogen-bond acceptors (Lipinski definition) is 7. The maximum atomic E-state index is 9.46. The number of nitrogens with zero attached hydrogens (tertiary/aromatic N) is 6. The molecule has 0 aliphatic carbocycles. The van der Waals surface area contributed by atoms with Crippen molar-refractivity contribution in [2.45, 2.75) is 19.3 Å². The van der Waals surface area contributed by atoms with Gasteiger partial charge in [0.1, 0.15) is 18.0 Å². The average molecular weight is 385 g/mol. The highest BCUT2D eigenvalue weighted by atomic mass is 16.5.